The van der Waals surface area contributed by atoms with Crippen LogP contribution >= 0.6 is 0 Å². The molecule has 36 heavy (non-hydrogen) atoms. The van der Waals surface area contributed by atoms with Gasteiger partial charge in [-0.1, -0.05) is 30.3 Å². The van der Waals surface area contributed by atoms with E-state index in [9.17, 15) is 24.9 Å². The largest absolute Gasteiger partial charge is 0.390 e. The second-order valence-electron chi connectivity index (χ2n) is 9.82. The van der Waals surface area contributed by atoms with Gasteiger partial charge in [0.25, 0.3) is 0 Å². The number of hydrogen-bond donors (Lipinski definition) is 6. The van der Waals surface area contributed by atoms with Crippen LogP contribution in [0.4, 0.5) is 0 Å². The van der Waals surface area contributed by atoms with Gasteiger partial charge in [0.15, 0.2) is 5.78 Å². The normalized spacial score (nSPS) is 40.1. The summed E-state index contributed by atoms with van der Waals surface area (Å²) in [6.07, 6.45) is -4.64. The Bertz CT molecular complexity index is 920. The lowest BCUT2D eigenvalue weighted by Crippen LogP contribution is -2.79. The number of ether oxygens (including phenoxy) is 3. The number of hydrogen-bond acceptors (Lipinski definition) is 10. The number of carbonyl (C=O) groups excluding carboxylic acids is 2. The van der Waals surface area contributed by atoms with Gasteiger partial charge in [-0.15, -0.1) is 0 Å². The zero-order chi connectivity index (χ0) is 26.0. The van der Waals surface area contributed by atoms with Crippen LogP contribution in [0, 0.1) is 0 Å². The van der Waals surface area contributed by atoms with E-state index in [0.717, 1.165) is 0 Å². The van der Waals surface area contributed by atoms with E-state index >= 15 is 0 Å². The predicted octanol–water partition coefficient (Wildman–Crippen LogP) is -0.957. The van der Waals surface area contributed by atoms with Crippen LogP contribution in [0.5, 0.6) is 0 Å². The summed E-state index contributed by atoms with van der Waals surface area (Å²) in [5.74, 6) is -2.41. The van der Waals surface area contributed by atoms with Crippen LogP contribution in [-0.2, 0) is 19.0 Å². The third kappa shape index (κ3) is 5.20. The van der Waals surface area contributed by atoms with E-state index in [2.05, 4.69) is 16.0 Å². The highest BCUT2D eigenvalue weighted by molar-refractivity contribution is 5.96. The highest BCUT2D eigenvalue weighted by atomic mass is 16.8. The minimum absolute atomic E-state index is 0.0377. The van der Waals surface area contributed by atoms with Gasteiger partial charge in [0.2, 0.25) is 18.0 Å². The van der Waals surface area contributed by atoms with Crippen molar-refractivity contribution in [2.24, 2.45) is 0 Å². The molecular weight excluding hydrogens is 470 g/mol. The van der Waals surface area contributed by atoms with E-state index in [1.54, 1.807) is 45.3 Å². The zero-order valence-electron chi connectivity index (χ0n) is 20.8. The van der Waals surface area contributed by atoms with Crippen molar-refractivity contribution in [3.05, 3.63) is 35.9 Å². The highest BCUT2D eigenvalue weighted by Crippen LogP contribution is 2.42. The molecule has 6 N–H and O–H groups in total. The first-order valence-electron chi connectivity index (χ1n) is 12.5. The van der Waals surface area contributed by atoms with E-state index in [1.165, 1.54) is 0 Å². The molecule has 0 radical (unpaired) electrons. The summed E-state index contributed by atoms with van der Waals surface area (Å²) >= 11 is 0. The molecule has 10 atom stereocenters. The van der Waals surface area contributed by atoms with Crippen molar-refractivity contribution in [1.29, 1.82) is 0 Å². The summed E-state index contributed by atoms with van der Waals surface area (Å²) in [6.45, 7) is 1.79. The molecule has 1 aliphatic carbocycles. The molecule has 11 nitrogen and oxygen atoms in total. The van der Waals surface area contributed by atoms with Gasteiger partial charge in [-0.3, -0.25) is 9.59 Å². The Balaban J connectivity index is 1.42. The molecule has 0 bridgehead atoms. The number of likely N-dealkylation sites (N-methyl/N-ethyl adjacent to an activating group) is 2. The van der Waals surface area contributed by atoms with Gasteiger partial charge in [-0.05, 0) is 33.9 Å². The molecule has 3 fully saturated rings. The van der Waals surface area contributed by atoms with E-state index in [4.69, 9.17) is 14.2 Å². The summed E-state index contributed by atoms with van der Waals surface area (Å²) in [6, 6.07) is 6.69. The van der Waals surface area contributed by atoms with Crippen molar-refractivity contribution in [1.82, 2.24) is 16.0 Å². The number of Topliss-reactive ketones (excluding diaryl/α,β-unsaturated/α-hetero) is 1. The maximum Gasteiger partial charge on any atom is 0.239 e. The SMILES string of the molecule is CN[C@@H]1[C@H](O)[C@H](NC)C2O[C@]3(O)C(OC2[C@@H]1O)O[C@H](C)C[C@H]3NC(=O)CCCC(=O)c1ccccc1. The van der Waals surface area contributed by atoms with Gasteiger partial charge >= 0.3 is 0 Å². The second-order valence-corrected chi connectivity index (χ2v) is 9.82. The van der Waals surface area contributed by atoms with Gasteiger partial charge in [-0.2, -0.15) is 0 Å². The summed E-state index contributed by atoms with van der Waals surface area (Å²) in [5, 5.41) is 41.9. The monoisotopic (exact) mass is 507 g/mol. The maximum atomic E-state index is 12.8. The van der Waals surface area contributed by atoms with Crippen molar-refractivity contribution >= 4 is 11.7 Å². The smallest absolute Gasteiger partial charge is 0.239 e. The van der Waals surface area contributed by atoms with E-state index in [-0.39, 0.29) is 37.1 Å². The van der Waals surface area contributed by atoms with Gasteiger partial charge in [0.1, 0.15) is 18.3 Å². The molecular formula is C25H37N3O8. The molecule has 1 aromatic rings. The molecule has 1 aromatic carbocycles. The van der Waals surface area contributed by atoms with Gasteiger partial charge < -0.3 is 45.5 Å². The number of benzene rings is 1. The van der Waals surface area contributed by atoms with E-state index in [0.29, 0.717) is 12.0 Å². The van der Waals surface area contributed by atoms with Crippen LogP contribution in [-0.4, -0.2) is 102 Å². The van der Waals surface area contributed by atoms with Crippen LogP contribution in [0.15, 0.2) is 30.3 Å². The minimum Gasteiger partial charge on any atom is -0.390 e. The first-order valence-corrected chi connectivity index (χ1v) is 12.5. The van der Waals surface area contributed by atoms with Crippen LogP contribution in [0.3, 0.4) is 0 Å². The average molecular weight is 508 g/mol. The lowest BCUT2D eigenvalue weighted by Gasteiger charge is -2.58. The molecule has 1 amide bonds. The van der Waals surface area contributed by atoms with Crippen LogP contribution in [0.2, 0.25) is 0 Å². The topological polar surface area (TPSA) is 159 Å². The summed E-state index contributed by atoms with van der Waals surface area (Å²) < 4.78 is 18.0. The first kappa shape index (κ1) is 27.1. The number of amides is 1. The zero-order valence-corrected chi connectivity index (χ0v) is 20.8. The quantitative estimate of drug-likeness (QED) is 0.242. The Morgan fingerprint density at radius 3 is 2.36 bits per heavy atom. The fourth-order valence-corrected chi connectivity index (χ4v) is 5.46. The summed E-state index contributed by atoms with van der Waals surface area (Å²) in [5.41, 5.74) is 0.604. The number of rotatable bonds is 8. The highest BCUT2D eigenvalue weighted by Gasteiger charge is 2.63. The van der Waals surface area contributed by atoms with Crippen LogP contribution < -0.4 is 16.0 Å². The third-order valence-electron chi connectivity index (χ3n) is 7.39. The van der Waals surface area contributed by atoms with E-state index < -0.39 is 54.6 Å². The van der Waals surface area contributed by atoms with Crippen molar-refractivity contribution < 1.29 is 39.1 Å². The fourth-order valence-electron chi connectivity index (χ4n) is 5.46. The Kier molecular flexibility index (Phi) is 8.42. The molecule has 11 heteroatoms. The molecule has 2 aliphatic heterocycles. The summed E-state index contributed by atoms with van der Waals surface area (Å²) in [7, 11) is 3.27. The molecule has 3 aliphatic rings. The number of fused-ring (bicyclic) bond motifs is 2. The number of nitrogens with one attached hydrogen (secondary N) is 3. The molecule has 200 valence electrons. The molecule has 4 rings (SSSR count). The third-order valence-corrected chi connectivity index (χ3v) is 7.39. The first-order chi connectivity index (χ1) is 17.2. The van der Waals surface area contributed by atoms with Gasteiger partial charge in [-0.25, -0.2) is 0 Å². The van der Waals surface area contributed by atoms with Crippen LogP contribution in [0.25, 0.3) is 0 Å². The number of aliphatic hydroxyl groups is 3. The van der Waals surface area contributed by atoms with Gasteiger partial charge in [0.05, 0.1) is 30.3 Å². The molecule has 2 saturated heterocycles. The molecule has 3 unspecified atom stereocenters. The van der Waals surface area contributed by atoms with Gasteiger partial charge in [0, 0.05) is 18.4 Å². The number of ketones is 1. The Hall–Kier alpha value is -1.96. The molecule has 0 spiro atoms. The van der Waals surface area contributed by atoms with Crippen molar-refractivity contribution in [3.8, 4) is 0 Å². The van der Waals surface area contributed by atoms with Crippen molar-refractivity contribution in [2.75, 3.05) is 14.1 Å². The molecule has 2 heterocycles. The van der Waals surface area contributed by atoms with Crippen LogP contribution in [0.1, 0.15) is 43.0 Å². The lowest BCUT2D eigenvalue weighted by molar-refractivity contribution is -0.449. The van der Waals surface area contributed by atoms with Crippen molar-refractivity contribution in [2.45, 2.75) is 93.3 Å². The van der Waals surface area contributed by atoms with Crippen molar-refractivity contribution in [3.63, 3.8) is 0 Å². The number of aliphatic hydroxyl groups excluding tert-OH is 2. The predicted molar refractivity (Wildman–Crippen MR) is 128 cm³/mol. The molecule has 1 saturated carbocycles. The molecule has 0 aromatic heterocycles. The Labute approximate surface area is 210 Å². The maximum absolute atomic E-state index is 12.8. The minimum atomic E-state index is -2.04. The number of carbonyl (C=O) groups is 2. The Morgan fingerprint density at radius 1 is 1.00 bits per heavy atom. The summed E-state index contributed by atoms with van der Waals surface area (Å²) in [4.78, 5) is 25.1. The Morgan fingerprint density at radius 2 is 1.69 bits per heavy atom. The lowest BCUT2D eigenvalue weighted by atomic mass is 9.79. The standard InChI is InChI=1S/C25H37N3O8/c1-13-12-16(28-17(30)11-7-10-15(29)14-8-5-4-6-9-14)25(33)24(34-13)35-23-21(32)18(26-2)20(31)19(27-3)22(23)36-25/h4-6,8-9,13,16,18-24,26-27,31-33H,7,10-12H2,1-3H3,(H,28,30)/t13-,16-,18-,19+,20+,21-,22?,23?,24?,25+/m1/s1. The second kappa shape index (κ2) is 11.2. The average Bonchev–Trinajstić information content (AvgIpc) is 2.85. The fraction of sp³-hybridized carbons (Fsp3) is 0.680. The van der Waals surface area contributed by atoms with E-state index in [1.807, 2.05) is 6.07 Å².